The molecule has 3 aromatic rings. The lowest BCUT2D eigenvalue weighted by Crippen LogP contribution is -2.47. The van der Waals surface area contributed by atoms with Gasteiger partial charge in [0, 0.05) is 11.3 Å². The second-order valence-electron chi connectivity index (χ2n) is 16.0. The van der Waals surface area contributed by atoms with Crippen molar-refractivity contribution in [1.82, 2.24) is 0 Å². The molecular formula is C47H54O4. The van der Waals surface area contributed by atoms with Crippen LogP contribution in [0.1, 0.15) is 99.7 Å². The minimum atomic E-state index is -0.694. The predicted molar refractivity (Wildman–Crippen MR) is 206 cm³/mol. The van der Waals surface area contributed by atoms with Gasteiger partial charge in [-0.05, 0) is 133 Å². The second kappa shape index (κ2) is 16.0. The number of aliphatic carboxylic acids is 1. The van der Waals surface area contributed by atoms with Gasteiger partial charge in [-0.1, -0.05) is 116 Å². The third-order valence-electron chi connectivity index (χ3n) is 13.0. The highest BCUT2D eigenvalue weighted by Crippen LogP contribution is 2.52. The molecule has 0 amide bonds. The summed E-state index contributed by atoms with van der Waals surface area (Å²) in [5.74, 6) is 1.00. The van der Waals surface area contributed by atoms with Crippen LogP contribution in [0.25, 0.3) is 12.2 Å². The Morgan fingerprint density at radius 2 is 1.65 bits per heavy atom. The van der Waals surface area contributed by atoms with E-state index in [0.29, 0.717) is 30.1 Å². The summed E-state index contributed by atoms with van der Waals surface area (Å²) in [5, 5.41) is 23.7. The number of aromatic hydroxyl groups is 1. The van der Waals surface area contributed by atoms with Gasteiger partial charge in [-0.3, -0.25) is 4.79 Å². The Balaban J connectivity index is 1.17. The van der Waals surface area contributed by atoms with Gasteiger partial charge in [-0.2, -0.15) is 0 Å². The fourth-order valence-corrected chi connectivity index (χ4v) is 10.2. The predicted octanol–water partition coefficient (Wildman–Crippen LogP) is 9.05. The molecule has 8 atom stereocenters. The molecule has 51 heavy (non-hydrogen) atoms. The number of unbranched alkanes of at least 4 members (excludes halogenated alkanes) is 2. The average molecular weight is 683 g/mol. The first kappa shape index (κ1) is 35.2. The lowest BCUT2D eigenvalue weighted by molar-refractivity contribution is -0.145. The van der Waals surface area contributed by atoms with Crippen molar-refractivity contribution in [2.45, 2.75) is 94.8 Å². The molecule has 0 radical (unpaired) electrons. The number of hydrogen-bond donors (Lipinski definition) is 2. The van der Waals surface area contributed by atoms with Gasteiger partial charge in [0.2, 0.25) is 0 Å². The van der Waals surface area contributed by atoms with Crippen molar-refractivity contribution in [3.05, 3.63) is 124 Å². The van der Waals surface area contributed by atoms with Crippen LogP contribution < -0.4 is 10.4 Å². The summed E-state index contributed by atoms with van der Waals surface area (Å²) in [7, 11) is 0. The van der Waals surface area contributed by atoms with E-state index >= 15 is 0 Å². The molecule has 3 aromatic carbocycles. The van der Waals surface area contributed by atoms with Crippen molar-refractivity contribution in [1.29, 1.82) is 0 Å². The Bertz CT molecular complexity index is 1850. The maximum atomic E-state index is 13.3. The zero-order valence-electron chi connectivity index (χ0n) is 29.9. The third-order valence-corrected chi connectivity index (χ3v) is 13.0. The first-order chi connectivity index (χ1) is 24.9. The highest BCUT2D eigenvalue weighted by atomic mass is 16.4. The molecule has 0 heterocycles. The van der Waals surface area contributed by atoms with Crippen LogP contribution in [0.2, 0.25) is 0 Å². The topological polar surface area (TPSA) is 74.6 Å². The minimum Gasteiger partial charge on any atom is -0.508 e. The van der Waals surface area contributed by atoms with Crippen LogP contribution in [0, 0.1) is 35.5 Å². The number of aldehydes is 1. The number of rotatable bonds is 10. The van der Waals surface area contributed by atoms with Gasteiger partial charge in [-0.15, -0.1) is 0 Å². The number of hydrogen-bond acceptors (Lipinski definition) is 3. The van der Waals surface area contributed by atoms with Crippen LogP contribution in [-0.2, 0) is 21.4 Å². The summed E-state index contributed by atoms with van der Waals surface area (Å²) < 4.78 is 0. The molecule has 7 rings (SSSR count). The Morgan fingerprint density at radius 3 is 2.39 bits per heavy atom. The smallest absolute Gasteiger partial charge is 0.307 e. The van der Waals surface area contributed by atoms with Crippen molar-refractivity contribution in [3.63, 3.8) is 0 Å². The van der Waals surface area contributed by atoms with Gasteiger partial charge in [0.15, 0.2) is 0 Å². The lowest BCUT2D eigenvalue weighted by atomic mass is 9.55. The normalized spacial score (nSPS) is 29.0. The molecular weight excluding hydrogens is 629 g/mol. The molecule has 1 spiro atoms. The van der Waals surface area contributed by atoms with Crippen LogP contribution in [-0.4, -0.2) is 22.5 Å². The van der Waals surface area contributed by atoms with Gasteiger partial charge in [0.25, 0.3) is 0 Å². The van der Waals surface area contributed by atoms with Gasteiger partial charge >= 0.3 is 5.97 Å². The number of allylic oxidation sites excluding steroid dienone is 4. The SMILES string of the molecule is O=CC(CCCCCC1CC=CCC(C(=O)O)C2(CCC3C=c4ccccc4=CC3C2)c2cccc(c2)CC1c1ccc(O)cc1)C1C=CCC1. The van der Waals surface area contributed by atoms with E-state index in [9.17, 15) is 19.8 Å². The molecule has 0 saturated heterocycles. The van der Waals surface area contributed by atoms with E-state index in [1.807, 2.05) is 12.1 Å². The highest BCUT2D eigenvalue weighted by Gasteiger charge is 2.49. The molecule has 1 saturated carbocycles. The average Bonchev–Trinajstić information content (AvgIpc) is 3.68. The Kier molecular flexibility index (Phi) is 11.1. The van der Waals surface area contributed by atoms with E-state index in [-0.39, 0.29) is 17.6 Å². The number of benzene rings is 3. The summed E-state index contributed by atoms with van der Waals surface area (Å²) in [6, 6.07) is 25.4. The zero-order valence-corrected chi connectivity index (χ0v) is 29.9. The largest absolute Gasteiger partial charge is 0.508 e. The monoisotopic (exact) mass is 682 g/mol. The molecule has 4 aliphatic rings. The van der Waals surface area contributed by atoms with Crippen LogP contribution in [0.3, 0.4) is 0 Å². The number of carbonyl (C=O) groups is 2. The van der Waals surface area contributed by atoms with Crippen molar-refractivity contribution in [2.75, 3.05) is 0 Å². The maximum absolute atomic E-state index is 13.3. The summed E-state index contributed by atoms with van der Waals surface area (Å²) in [6.07, 6.45) is 27.4. The first-order valence-electron chi connectivity index (χ1n) is 19.6. The second-order valence-corrected chi connectivity index (χ2v) is 16.0. The van der Waals surface area contributed by atoms with Crippen molar-refractivity contribution < 1.29 is 19.8 Å². The highest BCUT2D eigenvalue weighted by molar-refractivity contribution is 5.73. The lowest BCUT2D eigenvalue weighted by Gasteiger charge is -2.48. The zero-order chi connectivity index (χ0) is 35.2. The molecule has 0 aromatic heterocycles. The van der Waals surface area contributed by atoms with E-state index in [0.717, 1.165) is 77.0 Å². The Hall–Kier alpha value is -4.18. The molecule has 2 bridgehead atoms. The quantitative estimate of drug-likeness (QED) is 0.127. The standard InChI is InChI=1S/C47H54O4/c48-32-40(34-12-4-5-13-34)18-3-1-2-14-35-15-8-9-20-45(46(50)51)47(26-25-39-29-37-16-6-7-17-38(37)30-41(39)31-47)42-19-10-11-33(27-42)28-44(35)36-21-23-43(49)24-22-36/h4,6-12,16-17,19,21-24,27,29-30,32,34-35,39-41,44-45,49H,1-3,5,13-15,18,20,25-26,28,31H2,(H,50,51). The summed E-state index contributed by atoms with van der Waals surface area (Å²) in [6.45, 7) is 0. The van der Waals surface area contributed by atoms with Gasteiger partial charge < -0.3 is 15.0 Å². The number of carbonyl (C=O) groups excluding carboxylic acids is 1. The number of phenolic OH excluding ortho intramolecular Hbond substituents is 1. The third kappa shape index (κ3) is 7.86. The number of fused-ring (bicyclic) bond motifs is 5. The molecule has 8 unspecified atom stereocenters. The van der Waals surface area contributed by atoms with E-state index in [1.165, 1.54) is 33.4 Å². The van der Waals surface area contributed by atoms with Crippen LogP contribution in [0.15, 0.2) is 97.1 Å². The molecule has 1 fully saturated rings. The molecule has 266 valence electrons. The fraction of sp³-hybridized carbons (Fsp3) is 0.447. The molecule has 4 nitrogen and oxygen atoms in total. The number of carboxylic acid groups (broad SMARTS) is 1. The Labute approximate surface area is 303 Å². The van der Waals surface area contributed by atoms with Crippen molar-refractivity contribution >= 4 is 24.4 Å². The minimum absolute atomic E-state index is 0.135. The fourth-order valence-electron chi connectivity index (χ4n) is 10.2. The summed E-state index contributed by atoms with van der Waals surface area (Å²) in [4.78, 5) is 25.1. The van der Waals surface area contributed by atoms with E-state index in [2.05, 4.69) is 97.1 Å². The maximum Gasteiger partial charge on any atom is 0.307 e. The van der Waals surface area contributed by atoms with Gasteiger partial charge in [0.05, 0.1) is 5.92 Å². The first-order valence-corrected chi connectivity index (χ1v) is 19.6. The summed E-state index contributed by atoms with van der Waals surface area (Å²) in [5.41, 5.74) is 3.22. The van der Waals surface area contributed by atoms with Crippen molar-refractivity contribution in [2.24, 2.45) is 35.5 Å². The Morgan fingerprint density at radius 1 is 0.863 bits per heavy atom. The van der Waals surface area contributed by atoms with E-state index in [1.54, 1.807) is 0 Å². The molecule has 0 aliphatic heterocycles. The van der Waals surface area contributed by atoms with Gasteiger partial charge in [-0.25, -0.2) is 0 Å². The van der Waals surface area contributed by atoms with Crippen LogP contribution >= 0.6 is 0 Å². The van der Waals surface area contributed by atoms with E-state index < -0.39 is 17.3 Å². The summed E-state index contributed by atoms with van der Waals surface area (Å²) >= 11 is 0. The molecule has 2 N–H and O–H groups in total. The van der Waals surface area contributed by atoms with Gasteiger partial charge in [0.1, 0.15) is 12.0 Å². The van der Waals surface area contributed by atoms with Crippen molar-refractivity contribution in [3.8, 4) is 5.75 Å². The molecule has 4 heteroatoms. The number of phenols is 1. The van der Waals surface area contributed by atoms with Crippen LogP contribution in [0.5, 0.6) is 5.75 Å². The van der Waals surface area contributed by atoms with E-state index in [4.69, 9.17) is 0 Å². The molecule has 4 aliphatic carbocycles. The number of carboxylic acids is 1. The van der Waals surface area contributed by atoms with Crippen LogP contribution in [0.4, 0.5) is 0 Å².